The molecule has 1 amide bonds. The molecule has 3 rings (SSSR count). The first kappa shape index (κ1) is 23.8. The monoisotopic (exact) mass is 486 g/mol. The van der Waals surface area contributed by atoms with Crippen molar-refractivity contribution in [2.45, 2.75) is 56.5 Å². The number of nitrogens with zero attached hydrogens (tertiary/aromatic N) is 1. The van der Waals surface area contributed by atoms with Gasteiger partial charge in [-0.2, -0.15) is 0 Å². The molecule has 9 heteroatoms. The number of hydrogen-bond donors (Lipinski definition) is 1. The standard InChI is InChI=1S/C22H25Cl2FN2O3S/c1-14-4-3-5-18(12-14)26-22(28)15(2)27(21-13-17(24)8-11-20(21)25)31(29,30)19-9-6-16(23)7-10-19/h6-11,13-15,18H,3-5,12H2,1-2H3,(H,26,28)/t14?,15-,18?/m1/s1. The van der Waals surface area contributed by atoms with E-state index in [2.05, 4.69) is 12.2 Å². The van der Waals surface area contributed by atoms with Crippen LogP contribution in [0.25, 0.3) is 0 Å². The molecule has 1 aliphatic rings. The Bertz CT molecular complexity index is 1050. The molecule has 1 saturated carbocycles. The van der Waals surface area contributed by atoms with Gasteiger partial charge in [0.2, 0.25) is 5.91 Å². The summed E-state index contributed by atoms with van der Waals surface area (Å²) >= 11 is 11.9. The number of rotatable bonds is 6. The fourth-order valence-corrected chi connectivity index (χ4v) is 5.82. The molecule has 3 atom stereocenters. The quantitative estimate of drug-likeness (QED) is 0.593. The van der Waals surface area contributed by atoms with Gasteiger partial charge in [-0.05, 0) is 68.1 Å². The van der Waals surface area contributed by atoms with E-state index < -0.39 is 27.8 Å². The number of benzene rings is 2. The predicted octanol–water partition coefficient (Wildman–Crippen LogP) is 5.41. The third-order valence-electron chi connectivity index (χ3n) is 5.53. The molecule has 5 nitrogen and oxygen atoms in total. The number of sulfonamides is 1. The van der Waals surface area contributed by atoms with Gasteiger partial charge in [-0.1, -0.05) is 43.0 Å². The number of carbonyl (C=O) groups is 1. The SMILES string of the molecule is CC1CCCC(NC(=O)[C@@H](C)N(c2cc(Cl)ccc2F)S(=O)(=O)c2ccc(Cl)cc2)C1. The Labute approximate surface area is 192 Å². The highest BCUT2D eigenvalue weighted by Crippen LogP contribution is 2.32. The van der Waals surface area contributed by atoms with E-state index in [1.807, 2.05) is 0 Å². The fraction of sp³-hybridized carbons (Fsp3) is 0.409. The molecule has 0 spiro atoms. The summed E-state index contributed by atoms with van der Waals surface area (Å²) in [6.45, 7) is 3.57. The normalized spacial score (nSPS) is 20.2. The highest BCUT2D eigenvalue weighted by atomic mass is 35.5. The minimum atomic E-state index is -4.29. The zero-order valence-electron chi connectivity index (χ0n) is 17.3. The van der Waals surface area contributed by atoms with Crippen LogP contribution in [0.1, 0.15) is 39.5 Å². The molecule has 2 unspecified atom stereocenters. The summed E-state index contributed by atoms with van der Waals surface area (Å²) in [6, 6.07) is 7.85. The maximum Gasteiger partial charge on any atom is 0.265 e. The molecule has 1 N–H and O–H groups in total. The lowest BCUT2D eigenvalue weighted by atomic mass is 9.87. The Kier molecular flexibility index (Phi) is 7.50. The first-order valence-electron chi connectivity index (χ1n) is 10.1. The Balaban J connectivity index is 2.00. The zero-order chi connectivity index (χ0) is 22.8. The van der Waals surface area contributed by atoms with E-state index in [0.29, 0.717) is 10.9 Å². The van der Waals surface area contributed by atoms with Crippen LogP contribution in [0.4, 0.5) is 10.1 Å². The number of carbonyl (C=O) groups excluding carboxylic acids is 1. The van der Waals surface area contributed by atoms with Gasteiger partial charge in [0.25, 0.3) is 10.0 Å². The average Bonchev–Trinajstić information content (AvgIpc) is 2.71. The Morgan fingerprint density at radius 2 is 1.77 bits per heavy atom. The van der Waals surface area contributed by atoms with Crippen molar-refractivity contribution in [3.05, 3.63) is 58.3 Å². The minimum absolute atomic E-state index is 0.0389. The van der Waals surface area contributed by atoms with Crippen LogP contribution in [0.5, 0.6) is 0 Å². The molecule has 31 heavy (non-hydrogen) atoms. The van der Waals surface area contributed by atoms with Gasteiger partial charge >= 0.3 is 0 Å². The number of halogens is 3. The van der Waals surface area contributed by atoms with Gasteiger partial charge in [0.05, 0.1) is 10.6 Å². The summed E-state index contributed by atoms with van der Waals surface area (Å²) in [5.74, 6) is -0.808. The van der Waals surface area contributed by atoms with Crippen molar-refractivity contribution in [1.82, 2.24) is 5.32 Å². The van der Waals surface area contributed by atoms with E-state index in [-0.39, 0.29) is 21.6 Å². The molecule has 0 radical (unpaired) electrons. The summed E-state index contributed by atoms with van der Waals surface area (Å²) in [4.78, 5) is 13.0. The first-order chi connectivity index (χ1) is 14.6. The molecule has 0 heterocycles. The summed E-state index contributed by atoms with van der Waals surface area (Å²) in [5.41, 5.74) is -0.290. The zero-order valence-corrected chi connectivity index (χ0v) is 19.6. The van der Waals surface area contributed by atoms with Crippen LogP contribution in [-0.4, -0.2) is 26.4 Å². The van der Waals surface area contributed by atoms with Crippen molar-refractivity contribution in [1.29, 1.82) is 0 Å². The fourth-order valence-electron chi connectivity index (χ4n) is 3.91. The molecule has 2 aromatic rings. The lowest BCUT2D eigenvalue weighted by Gasteiger charge is -2.33. The van der Waals surface area contributed by atoms with E-state index in [1.165, 1.54) is 43.3 Å². The lowest BCUT2D eigenvalue weighted by Crippen LogP contribution is -2.51. The number of amides is 1. The molecule has 1 fully saturated rings. The number of nitrogens with one attached hydrogen (secondary N) is 1. The highest BCUT2D eigenvalue weighted by Gasteiger charge is 2.36. The van der Waals surface area contributed by atoms with Crippen molar-refractivity contribution < 1.29 is 17.6 Å². The second-order valence-corrected chi connectivity index (χ2v) is 10.7. The molecular weight excluding hydrogens is 462 g/mol. The smallest absolute Gasteiger partial charge is 0.265 e. The summed E-state index contributed by atoms with van der Waals surface area (Å²) in [6.07, 6.45) is 3.76. The topological polar surface area (TPSA) is 66.5 Å². The van der Waals surface area contributed by atoms with Gasteiger partial charge in [-0.25, -0.2) is 12.8 Å². The van der Waals surface area contributed by atoms with Crippen molar-refractivity contribution in [2.75, 3.05) is 4.31 Å². The highest BCUT2D eigenvalue weighted by molar-refractivity contribution is 7.93. The molecule has 0 aromatic heterocycles. The van der Waals surface area contributed by atoms with E-state index in [0.717, 1.165) is 36.1 Å². The third kappa shape index (κ3) is 5.51. The van der Waals surface area contributed by atoms with Crippen molar-refractivity contribution >= 4 is 44.8 Å². The van der Waals surface area contributed by atoms with Gasteiger partial charge in [0, 0.05) is 16.1 Å². The van der Waals surface area contributed by atoms with Crippen LogP contribution < -0.4 is 9.62 Å². The van der Waals surface area contributed by atoms with Crippen molar-refractivity contribution in [2.24, 2.45) is 5.92 Å². The summed E-state index contributed by atoms with van der Waals surface area (Å²) in [7, 11) is -4.29. The van der Waals surface area contributed by atoms with E-state index in [9.17, 15) is 17.6 Å². The maximum absolute atomic E-state index is 14.7. The van der Waals surface area contributed by atoms with Crippen molar-refractivity contribution in [3.8, 4) is 0 Å². The molecule has 168 valence electrons. The average molecular weight is 487 g/mol. The largest absolute Gasteiger partial charge is 0.352 e. The summed E-state index contributed by atoms with van der Waals surface area (Å²) in [5, 5.41) is 3.46. The first-order valence-corrected chi connectivity index (χ1v) is 12.3. The second-order valence-electron chi connectivity index (χ2n) is 8.00. The second kappa shape index (κ2) is 9.76. The Morgan fingerprint density at radius 3 is 2.42 bits per heavy atom. The van der Waals surface area contributed by atoms with E-state index in [1.54, 1.807) is 0 Å². The van der Waals surface area contributed by atoms with Crippen LogP contribution in [0.15, 0.2) is 47.4 Å². The third-order valence-corrected chi connectivity index (χ3v) is 7.92. The van der Waals surface area contributed by atoms with E-state index >= 15 is 0 Å². The summed E-state index contributed by atoms with van der Waals surface area (Å²) < 4.78 is 42.5. The molecule has 0 saturated heterocycles. The molecule has 2 aromatic carbocycles. The lowest BCUT2D eigenvalue weighted by molar-refractivity contribution is -0.122. The van der Waals surface area contributed by atoms with Gasteiger partial charge in [0.15, 0.2) is 0 Å². The van der Waals surface area contributed by atoms with Crippen LogP contribution >= 0.6 is 23.2 Å². The molecule has 0 aliphatic heterocycles. The van der Waals surface area contributed by atoms with Crippen LogP contribution in [0, 0.1) is 11.7 Å². The van der Waals surface area contributed by atoms with Gasteiger partial charge in [-0.15, -0.1) is 0 Å². The van der Waals surface area contributed by atoms with Gasteiger partial charge in [-0.3, -0.25) is 9.10 Å². The van der Waals surface area contributed by atoms with Gasteiger partial charge in [0.1, 0.15) is 11.9 Å². The number of anilines is 1. The van der Waals surface area contributed by atoms with Gasteiger partial charge < -0.3 is 5.32 Å². The minimum Gasteiger partial charge on any atom is -0.352 e. The molecule has 1 aliphatic carbocycles. The number of hydrogen-bond acceptors (Lipinski definition) is 3. The maximum atomic E-state index is 14.7. The van der Waals surface area contributed by atoms with Crippen LogP contribution in [-0.2, 0) is 14.8 Å². The Hall–Kier alpha value is -1.83. The van der Waals surface area contributed by atoms with Crippen LogP contribution in [0.2, 0.25) is 10.0 Å². The molecule has 0 bridgehead atoms. The van der Waals surface area contributed by atoms with Crippen LogP contribution in [0.3, 0.4) is 0 Å². The molecular formula is C22H25Cl2FN2O3S. The predicted molar refractivity (Wildman–Crippen MR) is 122 cm³/mol. The van der Waals surface area contributed by atoms with E-state index in [4.69, 9.17) is 23.2 Å². The Morgan fingerprint density at radius 1 is 1.13 bits per heavy atom. The van der Waals surface area contributed by atoms with Crippen molar-refractivity contribution in [3.63, 3.8) is 0 Å².